The van der Waals surface area contributed by atoms with Crippen molar-refractivity contribution in [3.05, 3.63) is 53.6 Å². The van der Waals surface area contributed by atoms with Gasteiger partial charge in [-0.2, -0.15) is 0 Å². The van der Waals surface area contributed by atoms with Gasteiger partial charge in [0.25, 0.3) is 0 Å². The molecule has 0 saturated heterocycles. The molecule has 5 rings (SSSR count). The SMILES string of the molecule is CC(C)(C)[C@H](CC(=N)C(=O)C1(F)CC1)C(=O)C1C[C@H](O)C[C@H]1c1nc(CC(CCCCCc2ccccc2)C(=O)C2CC2)c[nH]1. The van der Waals surface area contributed by atoms with Crippen molar-refractivity contribution in [2.75, 3.05) is 0 Å². The highest BCUT2D eigenvalue weighted by Gasteiger charge is 2.53. The number of ketones is 3. The lowest BCUT2D eigenvalue weighted by Gasteiger charge is -2.33. The van der Waals surface area contributed by atoms with Crippen molar-refractivity contribution in [3.63, 3.8) is 0 Å². The molecule has 0 aliphatic heterocycles. The number of nitrogens with zero attached hydrogens (tertiary/aromatic N) is 1. The molecule has 45 heavy (non-hydrogen) atoms. The van der Waals surface area contributed by atoms with E-state index in [-0.39, 0.29) is 54.9 Å². The zero-order valence-corrected chi connectivity index (χ0v) is 27.1. The number of aryl methyl sites for hydroxylation is 1. The highest BCUT2D eigenvalue weighted by atomic mass is 19.1. The molecule has 7 nitrogen and oxygen atoms in total. The summed E-state index contributed by atoms with van der Waals surface area (Å²) in [6, 6.07) is 10.5. The Morgan fingerprint density at radius 3 is 2.42 bits per heavy atom. The molecule has 5 atom stereocenters. The summed E-state index contributed by atoms with van der Waals surface area (Å²) in [6.45, 7) is 5.71. The Balaban J connectivity index is 1.23. The van der Waals surface area contributed by atoms with Gasteiger partial charge in [-0.15, -0.1) is 0 Å². The third-order valence-electron chi connectivity index (χ3n) is 10.3. The lowest BCUT2D eigenvalue weighted by atomic mass is 9.70. The molecule has 0 amide bonds. The molecule has 0 spiro atoms. The molecule has 3 fully saturated rings. The lowest BCUT2D eigenvalue weighted by Crippen LogP contribution is -2.38. The molecular formula is C37H50FN3O4. The van der Waals surface area contributed by atoms with E-state index in [2.05, 4.69) is 29.2 Å². The molecule has 8 heteroatoms. The minimum atomic E-state index is -1.93. The van der Waals surface area contributed by atoms with Crippen LogP contribution in [0.3, 0.4) is 0 Å². The number of aromatic amines is 1. The van der Waals surface area contributed by atoms with Gasteiger partial charge in [-0.25, -0.2) is 9.37 Å². The Morgan fingerprint density at radius 2 is 1.78 bits per heavy atom. The molecule has 244 valence electrons. The number of imidazole rings is 1. The van der Waals surface area contributed by atoms with Gasteiger partial charge in [-0.3, -0.25) is 14.4 Å². The molecule has 0 bridgehead atoms. The minimum absolute atomic E-state index is 0.0731. The number of rotatable bonds is 17. The second-order valence-electron chi connectivity index (χ2n) is 15.1. The van der Waals surface area contributed by atoms with Crippen LogP contribution in [-0.2, 0) is 27.2 Å². The smallest absolute Gasteiger partial charge is 0.213 e. The summed E-state index contributed by atoms with van der Waals surface area (Å²) in [6.07, 6.45) is 9.58. The van der Waals surface area contributed by atoms with Crippen LogP contribution in [0.5, 0.6) is 0 Å². The molecule has 1 aromatic heterocycles. The number of carbonyl (C=O) groups excluding carboxylic acids is 3. The number of Topliss-reactive ketones (excluding diaryl/α,β-unsaturated/α-hetero) is 3. The van der Waals surface area contributed by atoms with E-state index in [9.17, 15) is 23.9 Å². The van der Waals surface area contributed by atoms with Crippen molar-refractivity contribution in [2.45, 2.75) is 122 Å². The molecule has 1 aromatic carbocycles. The van der Waals surface area contributed by atoms with Gasteiger partial charge >= 0.3 is 0 Å². The van der Waals surface area contributed by atoms with Crippen molar-refractivity contribution in [3.8, 4) is 0 Å². The molecule has 0 radical (unpaired) electrons. The predicted octanol–water partition coefficient (Wildman–Crippen LogP) is 6.92. The number of nitrogens with one attached hydrogen (secondary N) is 2. The maximum atomic E-state index is 14.4. The highest BCUT2D eigenvalue weighted by molar-refractivity contribution is 6.42. The Morgan fingerprint density at radius 1 is 1.07 bits per heavy atom. The molecule has 3 aliphatic rings. The quantitative estimate of drug-likeness (QED) is 0.131. The molecule has 3 aliphatic carbocycles. The summed E-state index contributed by atoms with van der Waals surface area (Å²) in [5, 5.41) is 19.0. The number of halogens is 1. The fourth-order valence-electron chi connectivity index (χ4n) is 7.13. The first-order chi connectivity index (χ1) is 21.4. The lowest BCUT2D eigenvalue weighted by molar-refractivity contribution is -0.130. The number of benzene rings is 1. The van der Waals surface area contributed by atoms with Crippen LogP contribution in [0.1, 0.15) is 114 Å². The van der Waals surface area contributed by atoms with Crippen LogP contribution >= 0.6 is 0 Å². The highest BCUT2D eigenvalue weighted by Crippen LogP contribution is 2.45. The number of hydrogen-bond acceptors (Lipinski definition) is 6. The summed E-state index contributed by atoms with van der Waals surface area (Å²) in [4.78, 5) is 48.0. The van der Waals surface area contributed by atoms with Gasteiger partial charge < -0.3 is 15.5 Å². The third-order valence-corrected chi connectivity index (χ3v) is 10.3. The molecule has 3 N–H and O–H groups in total. The minimum Gasteiger partial charge on any atom is -0.393 e. The molecule has 1 heterocycles. The number of unbranched alkanes of at least 4 members (excludes halogenated alkanes) is 2. The first-order valence-corrected chi connectivity index (χ1v) is 17.0. The van der Waals surface area contributed by atoms with E-state index in [1.807, 2.05) is 33.0 Å². The van der Waals surface area contributed by atoms with Gasteiger partial charge in [-0.05, 0) is 68.8 Å². The van der Waals surface area contributed by atoms with Crippen molar-refractivity contribution in [1.82, 2.24) is 9.97 Å². The van der Waals surface area contributed by atoms with Gasteiger partial charge in [-0.1, -0.05) is 63.9 Å². The molecule has 2 aromatic rings. The topological polar surface area (TPSA) is 124 Å². The van der Waals surface area contributed by atoms with Crippen molar-refractivity contribution < 1.29 is 23.9 Å². The molecule has 2 unspecified atom stereocenters. The second-order valence-corrected chi connectivity index (χ2v) is 15.1. The van der Waals surface area contributed by atoms with E-state index in [1.54, 1.807) is 0 Å². The number of aromatic nitrogens is 2. The maximum Gasteiger partial charge on any atom is 0.213 e. The van der Waals surface area contributed by atoms with Crippen LogP contribution in [0.25, 0.3) is 0 Å². The number of alkyl halides is 1. The summed E-state index contributed by atoms with van der Waals surface area (Å²) in [5.41, 5.74) is -0.669. The average Bonchev–Trinajstić information content (AvgIpc) is 3.91. The summed E-state index contributed by atoms with van der Waals surface area (Å²) < 4.78 is 14.4. The van der Waals surface area contributed by atoms with Gasteiger partial charge in [0.05, 0.1) is 17.5 Å². The largest absolute Gasteiger partial charge is 0.393 e. The zero-order chi connectivity index (χ0) is 32.4. The average molecular weight is 620 g/mol. The van der Waals surface area contributed by atoms with Gasteiger partial charge in [0.15, 0.2) is 5.67 Å². The van der Waals surface area contributed by atoms with E-state index < -0.39 is 34.8 Å². The summed E-state index contributed by atoms with van der Waals surface area (Å²) in [5.74, 6) is -1.34. The van der Waals surface area contributed by atoms with Crippen molar-refractivity contribution in [2.24, 2.45) is 29.1 Å². The zero-order valence-electron chi connectivity index (χ0n) is 27.1. The molecule has 3 saturated carbocycles. The monoisotopic (exact) mass is 619 g/mol. The van der Waals surface area contributed by atoms with Gasteiger partial charge in [0.2, 0.25) is 5.78 Å². The summed E-state index contributed by atoms with van der Waals surface area (Å²) in [7, 11) is 0. The number of aliphatic hydroxyl groups excluding tert-OH is 1. The normalized spacial score (nSPS) is 23.8. The van der Waals surface area contributed by atoms with Crippen LogP contribution in [0.4, 0.5) is 4.39 Å². The summed E-state index contributed by atoms with van der Waals surface area (Å²) >= 11 is 0. The van der Waals surface area contributed by atoms with E-state index >= 15 is 0 Å². The fraction of sp³-hybridized carbons (Fsp3) is 0.649. The fourth-order valence-corrected chi connectivity index (χ4v) is 7.13. The van der Waals surface area contributed by atoms with Gasteiger partial charge in [0.1, 0.15) is 17.4 Å². The standard InChI is InChI=1S/C37H50FN3O4/c1-36(2,3)30(21-31(39)34(45)37(38)16-17-37)33(44)28-19-27(42)20-29(28)35-40-22-26(41-35)18-25(32(43)24-14-15-24)13-9-5-8-12-23-10-6-4-7-11-23/h4,6-7,10-11,22,24-25,27-30,39,42H,5,8-9,12-21H2,1-3H3,(H,40,41)/t25?,27-,28?,29+,30+/m0/s1. The first kappa shape index (κ1) is 33.4. The third kappa shape index (κ3) is 8.43. The van der Waals surface area contributed by atoms with Crippen LogP contribution in [0, 0.1) is 34.5 Å². The maximum absolute atomic E-state index is 14.4. The van der Waals surface area contributed by atoms with Crippen LogP contribution < -0.4 is 0 Å². The second kappa shape index (κ2) is 13.8. The van der Waals surface area contributed by atoms with Crippen molar-refractivity contribution in [1.29, 1.82) is 5.41 Å². The van der Waals surface area contributed by atoms with Crippen LogP contribution in [-0.4, -0.2) is 49.9 Å². The van der Waals surface area contributed by atoms with E-state index in [4.69, 9.17) is 10.4 Å². The predicted molar refractivity (Wildman–Crippen MR) is 172 cm³/mol. The van der Waals surface area contributed by atoms with E-state index in [0.29, 0.717) is 24.4 Å². The number of carbonyl (C=O) groups is 3. The number of H-pyrrole nitrogens is 1. The van der Waals surface area contributed by atoms with Crippen molar-refractivity contribution >= 4 is 23.1 Å². The first-order valence-electron chi connectivity index (χ1n) is 17.0. The van der Waals surface area contributed by atoms with Crippen LogP contribution in [0.2, 0.25) is 0 Å². The van der Waals surface area contributed by atoms with Gasteiger partial charge in [0, 0.05) is 48.6 Å². The van der Waals surface area contributed by atoms with E-state index in [1.165, 1.54) is 5.56 Å². The number of aliphatic hydroxyl groups is 1. The molecular weight excluding hydrogens is 569 g/mol. The Labute approximate surface area is 266 Å². The Hall–Kier alpha value is -3.00. The van der Waals surface area contributed by atoms with Crippen LogP contribution in [0.15, 0.2) is 36.5 Å². The Kier molecular flexibility index (Phi) is 10.2. The number of hydrogen-bond donors (Lipinski definition) is 3. The Bertz CT molecular complexity index is 1370. The van der Waals surface area contributed by atoms with E-state index in [0.717, 1.165) is 50.6 Å².